The maximum absolute atomic E-state index is 3.94. The van der Waals surface area contributed by atoms with Crippen LogP contribution >= 0.6 is 0 Å². The monoisotopic (exact) mass is 187 g/mol. The summed E-state index contributed by atoms with van der Waals surface area (Å²) < 4.78 is 0. The third-order valence-corrected chi connectivity index (χ3v) is 1.98. The summed E-state index contributed by atoms with van der Waals surface area (Å²) in [5.74, 6) is 0. The number of hydrogen-bond acceptors (Lipinski definition) is 1. The molecule has 0 unspecified atom stereocenters. The molecule has 0 heterocycles. The molecule has 14 heavy (non-hydrogen) atoms. The molecule has 1 aromatic carbocycles. The fraction of sp³-hybridized carbons (Fsp3) is 0.231. The molecule has 0 aliphatic carbocycles. The van der Waals surface area contributed by atoms with E-state index < -0.39 is 0 Å². The second kappa shape index (κ2) is 6.17. The van der Waals surface area contributed by atoms with Crippen molar-refractivity contribution < 1.29 is 0 Å². The molecule has 74 valence electrons. The van der Waals surface area contributed by atoms with Gasteiger partial charge in [0.1, 0.15) is 0 Å². The minimum absolute atomic E-state index is 0.862. The van der Waals surface area contributed by atoms with Crippen molar-refractivity contribution in [1.82, 2.24) is 5.32 Å². The van der Waals surface area contributed by atoms with Gasteiger partial charge >= 0.3 is 0 Å². The Hall–Kier alpha value is -1.34. The fourth-order valence-corrected chi connectivity index (χ4v) is 1.26. The Morgan fingerprint density at radius 2 is 2.00 bits per heavy atom. The molecule has 0 aliphatic heterocycles. The molecule has 0 saturated carbocycles. The van der Waals surface area contributed by atoms with Gasteiger partial charge in [0.25, 0.3) is 0 Å². The number of rotatable bonds is 6. The molecular weight excluding hydrogens is 170 g/mol. The minimum atomic E-state index is 0.862. The Kier molecular flexibility index (Phi) is 4.73. The highest BCUT2D eigenvalue weighted by Gasteiger charge is 1.92. The zero-order valence-electron chi connectivity index (χ0n) is 8.50. The van der Waals surface area contributed by atoms with E-state index in [-0.39, 0.29) is 0 Å². The lowest BCUT2D eigenvalue weighted by molar-refractivity contribution is 0.733. The van der Waals surface area contributed by atoms with Crippen LogP contribution in [-0.4, -0.2) is 6.54 Å². The van der Waals surface area contributed by atoms with E-state index in [1.807, 2.05) is 12.1 Å². The standard InChI is InChI=1S/C13H17N/c1-3-7-12(2)10-14-11-13-8-5-4-6-9-13/h3-6,8-9,14H,1-2,7,10-11H2. The Morgan fingerprint density at radius 1 is 1.29 bits per heavy atom. The summed E-state index contributed by atoms with van der Waals surface area (Å²) in [5, 5.41) is 3.34. The zero-order valence-corrected chi connectivity index (χ0v) is 8.50. The largest absolute Gasteiger partial charge is 0.309 e. The van der Waals surface area contributed by atoms with E-state index in [2.05, 4.69) is 42.7 Å². The lowest BCUT2D eigenvalue weighted by Gasteiger charge is -2.05. The predicted octanol–water partition coefficient (Wildman–Crippen LogP) is 2.91. The normalized spacial score (nSPS) is 9.71. The molecule has 0 fully saturated rings. The first-order valence-corrected chi connectivity index (χ1v) is 4.85. The second-order valence-corrected chi connectivity index (χ2v) is 3.33. The molecule has 0 spiro atoms. The molecule has 1 nitrogen and oxygen atoms in total. The van der Waals surface area contributed by atoms with Crippen LogP contribution in [0, 0.1) is 0 Å². The van der Waals surface area contributed by atoms with Crippen molar-refractivity contribution in [3.63, 3.8) is 0 Å². The molecule has 1 heteroatoms. The van der Waals surface area contributed by atoms with Crippen LogP contribution in [0.4, 0.5) is 0 Å². The highest BCUT2D eigenvalue weighted by molar-refractivity contribution is 5.14. The first kappa shape index (κ1) is 10.7. The first-order valence-electron chi connectivity index (χ1n) is 4.85. The van der Waals surface area contributed by atoms with Gasteiger partial charge < -0.3 is 5.32 Å². The number of benzene rings is 1. The lowest BCUT2D eigenvalue weighted by atomic mass is 10.2. The van der Waals surface area contributed by atoms with Crippen LogP contribution in [0.1, 0.15) is 12.0 Å². The lowest BCUT2D eigenvalue weighted by Crippen LogP contribution is -2.15. The van der Waals surface area contributed by atoms with E-state index in [9.17, 15) is 0 Å². The average molecular weight is 187 g/mol. The smallest absolute Gasteiger partial charge is 0.0208 e. The van der Waals surface area contributed by atoms with Crippen molar-refractivity contribution in [2.24, 2.45) is 0 Å². The Labute approximate surface area is 86.2 Å². The minimum Gasteiger partial charge on any atom is -0.309 e. The summed E-state index contributed by atoms with van der Waals surface area (Å²) in [6, 6.07) is 10.4. The van der Waals surface area contributed by atoms with Gasteiger partial charge in [0.2, 0.25) is 0 Å². The van der Waals surface area contributed by atoms with Crippen LogP contribution < -0.4 is 5.32 Å². The predicted molar refractivity (Wildman–Crippen MR) is 62.1 cm³/mol. The maximum atomic E-state index is 3.94. The molecular formula is C13H17N. The van der Waals surface area contributed by atoms with Gasteiger partial charge in [-0.25, -0.2) is 0 Å². The highest BCUT2D eigenvalue weighted by Crippen LogP contribution is 1.99. The fourth-order valence-electron chi connectivity index (χ4n) is 1.26. The topological polar surface area (TPSA) is 12.0 Å². The Balaban J connectivity index is 2.22. The van der Waals surface area contributed by atoms with Gasteiger partial charge in [0, 0.05) is 13.1 Å². The summed E-state index contributed by atoms with van der Waals surface area (Å²) in [6.07, 6.45) is 2.77. The maximum Gasteiger partial charge on any atom is 0.0208 e. The van der Waals surface area contributed by atoms with Gasteiger partial charge in [-0.05, 0) is 12.0 Å². The Morgan fingerprint density at radius 3 is 2.64 bits per heavy atom. The second-order valence-electron chi connectivity index (χ2n) is 3.33. The third-order valence-electron chi connectivity index (χ3n) is 1.98. The molecule has 0 bridgehead atoms. The molecule has 0 amide bonds. The molecule has 0 aliphatic rings. The molecule has 0 atom stereocenters. The van der Waals surface area contributed by atoms with Gasteiger partial charge in [0.15, 0.2) is 0 Å². The van der Waals surface area contributed by atoms with Crippen molar-refractivity contribution in [2.45, 2.75) is 13.0 Å². The molecule has 1 N–H and O–H groups in total. The first-order chi connectivity index (χ1) is 6.83. The van der Waals surface area contributed by atoms with Gasteiger partial charge in [0.05, 0.1) is 0 Å². The van der Waals surface area contributed by atoms with E-state index in [4.69, 9.17) is 0 Å². The van der Waals surface area contributed by atoms with Crippen LogP contribution in [-0.2, 0) is 6.54 Å². The van der Waals surface area contributed by atoms with Crippen LogP contribution in [0.2, 0.25) is 0 Å². The third kappa shape index (κ3) is 4.06. The van der Waals surface area contributed by atoms with Crippen molar-refractivity contribution in [1.29, 1.82) is 0 Å². The van der Waals surface area contributed by atoms with E-state index in [0.717, 1.165) is 19.5 Å². The SMILES string of the molecule is C=CCC(=C)CNCc1ccccc1. The Bertz CT molecular complexity index is 287. The summed E-state index contributed by atoms with van der Waals surface area (Å²) in [7, 11) is 0. The van der Waals surface area contributed by atoms with Crippen LogP contribution in [0.3, 0.4) is 0 Å². The number of nitrogens with one attached hydrogen (secondary N) is 1. The molecule has 0 saturated heterocycles. The van der Waals surface area contributed by atoms with Crippen molar-refractivity contribution in [2.75, 3.05) is 6.54 Å². The van der Waals surface area contributed by atoms with E-state index >= 15 is 0 Å². The van der Waals surface area contributed by atoms with Crippen molar-refractivity contribution in [3.05, 3.63) is 60.7 Å². The number of hydrogen-bond donors (Lipinski definition) is 1. The van der Waals surface area contributed by atoms with Gasteiger partial charge in [-0.15, -0.1) is 6.58 Å². The van der Waals surface area contributed by atoms with Crippen molar-refractivity contribution >= 4 is 0 Å². The highest BCUT2D eigenvalue weighted by atomic mass is 14.8. The van der Waals surface area contributed by atoms with Crippen LogP contribution in [0.25, 0.3) is 0 Å². The molecule has 1 rings (SSSR count). The van der Waals surface area contributed by atoms with Crippen molar-refractivity contribution in [3.8, 4) is 0 Å². The van der Waals surface area contributed by atoms with Gasteiger partial charge in [-0.2, -0.15) is 0 Å². The van der Waals surface area contributed by atoms with Crippen LogP contribution in [0.15, 0.2) is 55.1 Å². The van der Waals surface area contributed by atoms with Gasteiger partial charge in [-0.3, -0.25) is 0 Å². The van der Waals surface area contributed by atoms with E-state index in [0.29, 0.717) is 0 Å². The average Bonchev–Trinajstić information content (AvgIpc) is 2.20. The van der Waals surface area contributed by atoms with E-state index in [1.165, 1.54) is 11.1 Å². The summed E-state index contributed by atoms with van der Waals surface area (Å²) in [6.45, 7) is 9.38. The number of allylic oxidation sites excluding steroid dienone is 1. The summed E-state index contributed by atoms with van der Waals surface area (Å²) >= 11 is 0. The van der Waals surface area contributed by atoms with Crippen LogP contribution in [0.5, 0.6) is 0 Å². The molecule has 0 radical (unpaired) electrons. The summed E-state index contributed by atoms with van der Waals surface area (Å²) in [5.41, 5.74) is 2.48. The van der Waals surface area contributed by atoms with E-state index in [1.54, 1.807) is 0 Å². The van der Waals surface area contributed by atoms with Gasteiger partial charge in [-0.1, -0.05) is 48.6 Å². The molecule has 0 aromatic heterocycles. The quantitative estimate of drug-likeness (QED) is 0.675. The molecule has 1 aromatic rings. The summed E-state index contributed by atoms with van der Waals surface area (Å²) in [4.78, 5) is 0. The zero-order chi connectivity index (χ0) is 10.2.